The number of H-pyrrole nitrogens is 2. The molecule has 0 bridgehead atoms. The zero-order valence-corrected chi connectivity index (χ0v) is 9.45. The van der Waals surface area contributed by atoms with Crippen molar-refractivity contribution in [3.8, 4) is 0 Å². The third-order valence-corrected chi connectivity index (χ3v) is 2.84. The summed E-state index contributed by atoms with van der Waals surface area (Å²) in [5.74, 6) is -0.597. The number of rotatable bonds is 1. The van der Waals surface area contributed by atoms with Crippen LogP contribution in [0.1, 0.15) is 22.3 Å². The molecule has 0 aromatic carbocycles. The summed E-state index contributed by atoms with van der Waals surface area (Å²) >= 11 is 0. The molecule has 0 fully saturated rings. The third kappa shape index (κ3) is 1.58. The highest BCUT2D eigenvalue weighted by Gasteiger charge is 2.38. The molecule has 96 valence electrons. The van der Waals surface area contributed by atoms with Crippen LogP contribution in [0.2, 0.25) is 0 Å². The molecule has 2 aromatic heterocycles. The number of aliphatic hydroxyl groups excluding tert-OH is 1. The number of amides is 1. The Kier molecular flexibility index (Phi) is 2.32. The van der Waals surface area contributed by atoms with Crippen LogP contribution in [-0.2, 0) is 0 Å². The SMILES string of the molecule is O=C1c2ncccc2C(O)N1c1c[nH]c(=O)[nH]c1=O. The Hall–Kier alpha value is -2.74. The molecule has 1 aliphatic rings. The van der Waals surface area contributed by atoms with Gasteiger partial charge >= 0.3 is 5.69 Å². The number of nitrogens with one attached hydrogen (secondary N) is 2. The van der Waals surface area contributed by atoms with Crippen LogP contribution < -0.4 is 16.1 Å². The topological polar surface area (TPSA) is 119 Å². The second kappa shape index (κ2) is 3.89. The van der Waals surface area contributed by atoms with Crippen molar-refractivity contribution in [3.63, 3.8) is 0 Å². The summed E-state index contributed by atoms with van der Waals surface area (Å²) in [4.78, 5) is 43.7. The van der Waals surface area contributed by atoms with Gasteiger partial charge in [-0.2, -0.15) is 0 Å². The molecule has 3 rings (SSSR count). The van der Waals surface area contributed by atoms with Gasteiger partial charge in [-0.15, -0.1) is 0 Å². The smallest absolute Gasteiger partial charge is 0.325 e. The van der Waals surface area contributed by atoms with Gasteiger partial charge in [0.05, 0.1) is 0 Å². The fraction of sp³-hybridized carbons (Fsp3) is 0.0909. The predicted molar refractivity (Wildman–Crippen MR) is 63.7 cm³/mol. The molecule has 0 saturated heterocycles. The van der Waals surface area contributed by atoms with E-state index in [9.17, 15) is 19.5 Å². The van der Waals surface area contributed by atoms with Crippen LogP contribution in [0, 0.1) is 0 Å². The number of pyridine rings is 1. The Morgan fingerprint density at radius 3 is 2.79 bits per heavy atom. The highest BCUT2D eigenvalue weighted by molar-refractivity contribution is 6.09. The van der Waals surface area contributed by atoms with E-state index < -0.39 is 23.4 Å². The summed E-state index contributed by atoms with van der Waals surface area (Å²) < 4.78 is 0. The number of aliphatic hydroxyl groups is 1. The molecular formula is C11H8N4O4. The standard InChI is InChI=1S/C11H8N4O4/c16-8-6(4-13-11(19)14-8)15-9(17)5-2-1-3-12-7(5)10(15)18/h1-4,9,17H,(H2,13,14,16,19). The van der Waals surface area contributed by atoms with Crippen molar-refractivity contribution in [2.24, 2.45) is 0 Å². The number of anilines is 1. The van der Waals surface area contributed by atoms with Crippen molar-refractivity contribution in [2.75, 3.05) is 4.90 Å². The molecule has 3 heterocycles. The van der Waals surface area contributed by atoms with Crippen LogP contribution in [0.3, 0.4) is 0 Å². The van der Waals surface area contributed by atoms with Gasteiger partial charge in [-0.1, -0.05) is 6.07 Å². The quantitative estimate of drug-likeness (QED) is 0.614. The monoisotopic (exact) mass is 260 g/mol. The molecule has 8 heteroatoms. The van der Waals surface area contributed by atoms with Crippen molar-refractivity contribution in [1.82, 2.24) is 15.0 Å². The number of hydrogen-bond acceptors (Lipinski definition) is 5. The lowest BCUT2D eigenvalue weighted by Gasteiger charge is -2.18. The molecule has 2 aromatic rings. The molecular weight excluding hydrogens is 252 g/mol. The number of carbonyl (C=O) groups excluding carboxylic acids is 1. The lowest BCUT2D eigenvalue weighted by atomic mass is 10.2. The Labute approximate surface area is 105 Å². The summed E-state index contributed by atoms with van der Waals surface area (Å²) in [5, 5.41) is 10.1. The first-order chi connectivity index (χ1) is 9.09. The molecule has 0 spiro atoms. The number of hydrogen-bond donors (Lipinski definition) is 3. The van der Waals surface area contributed by atoms with E-state index in [1.54, 1.807) is 12.1 Å². The van der Waals surface area contributed by atoms with Crippen LogP contribution in [-0.4, -0.2) is 26.0 Å². The normalized spacial score (nSPS) is 17.6. The molecule has 8 nitrogen and oxygen atoms in total. The van der Waals surface area contributed by atoms with Gasteiger partial charge in [0, 0.05) is 18.0 Å². The predicted octanol–water partition coefficient (Wildman–Crippen LogP) is -0.891. The van der Waals surface area contributed by atoms with Crippen molar-refractivity contribution in [3.05, 3.63) is 56.6 Å². The van der Waals surface area contributed by atoms with Gasteiger partial charge < -0.3 is 10.1 Å². The zero-order valence-electron chi connectivity index (χ0n) is 9.45. The second-order valence-corrected chi connectivity index (χ2v) is 3.95. The Morgan fingerprint density at radius 2 is 2.11 bits per heavy atom. The highest BCUT2D eigenvalue weighted by atomic mass is 16.3. The van der Waals surface area contributed by atoms with Crippen LogP contribution in [0.4, 0.5) is 5.69 Å². The fourth-order valence-corrected chi connectivity index (χ4v) is 1.99. The summed E-state index contributed by atoms with van der Waals surface area (Å²) in [5.41, 5.74) is -1.19. The van der Waals surface area contributed by atoms with E-state index in [4.69, 9.17) is 0 Å². The fourth-order valence-electron chi connectivity index (χ4n) is 1.99. The van der Waals surface area contributed by atoms with Crippen molar-refractivity contribution >= 4 is 11.6 Å². The minimum Gasteiger partial charge on any atom is -0.369 e. The molecule has 0 saturated carbocycles. The Morgan fingerprint density at radius 1 is 1.32 bits per heavy atom. The lowest BCUT2D eigenvalue weighted by molar-refractivity contribution is 0.0931. The molecule has 3 N–H and O–H groups in total. The first kappa shape index (κ1) is 11.4. The lowest BCUT2D eigenvalue weighted by Crippen LogP contribution is -2.35. The molecule has 0 radical (unpaired) electrons. The van der Waals surface area contributed by atoms with Gasteiger partial charge in [0.2, 0.25) is 0 Å². The molecule has 1 aliphatic heterocycles. The first-order valence-corrected chi connectivity index (χ1v) is 5.38. The molecule has 1 amide bonds. The van der Waals surface area contributed by atoms with E-state index in [2.05, 4.69) is 9.97 Å². The molecule has 1 unspecified atom stereocenters. The third-order valence-electron chi connectivity index (χ3n) is 2.84. The van der Waals surface area contributed by atoms with E-state index in [0.717, 1.165) is 11.1 Å². The van der Waals surface area contributed by atoms with E-state index >= 15 is 0 Å². The van der Waals surface area contributed by atoms with Crippen molar-refractivity contribution in [1.29, 1.82) is 0 Å². The minimum absolute atomic E-state index is 0.0839. The maximum absolute atomic E-state index is 12.1. The largest absolute Gasteiger partial charge is 0.369 e. The van der Waals surface area contributed by atoms with E-state index in [0.29, 0.717) is 5.56 Å². The average Bonchev–Trinajstić information content (AvgIpc) is 2.64. The Bertz CT molecular complexity index is 779. The average molecular weight is 260 g/mol. The van der Waals surface area contributed by atoms with Gasteiger partial charge in [-0.05, 0) is 6.07 Å². The highest BCUT2D eigenvalue weighted by Crippen LogP contribution is 2.32. The second-order valence-electron chi connectivity index (χ2n) is 3.95. The summed E-state index contributed by atoms with van der Waals surface area (Å²) in [6, 6.07) is 3.13. The first-order valence-electron chi connectivity index (χ1n) is 5.38. The maximum Gasteiger partial charge on any atom is 0.325 e. The van der Waals surface area contributed by atoms with Gasteiger partial charge in [-0.3, -0.25) is 24.5 Å². The van der Waals surface area contributed by atoms with Gasteiger partial charge in [0.15, 0.2) is 6.23 Å². The maximum atomic E-state index is 12.1. The van der Waals surface area contributed by atoms with Crippen LogP contribution in [0.25, 0.3) is 0 Å². The number of carbonyl (C=O) groups is 1. The van der Waals surface area contributed by atoms with E-state index in [-0.39, 0.29) is 11.4 Å². The number of fused-ring (bicyclic) bond motifs is 1. The van der Waals surface area contributed by atoms with Gasteiger partial charge in [0.1, 0.15) is 11.4 Å². The minimum atomic E-state index is -1.30. The molecule has 1 atom stereocenters. The molecule has 19 heavy (non-hydrogen) atoms. The van der Waals surface area contributed by atoms with Crippen LogP contribution >= 0.6 is 0 Å². The van der Waals surface area contributed by atoms with Gasteiger partial charge in [0.25, 0.3) is 11.5 Å². The van der Waals surface area contributed by atoms with E-state index in [1.807, 2.05) is 4.98 Å². The van der Waals surface area contributed by atoms with E-state index in [1.165, 1.54) is 6.20 Å². The zero-order chi connectivity index (χ0) is 13.6. The number of aromatic nitrogens is 3. The van der Waals surface area contributed by atoms with Crippen molar-refractivity contribution in [2.45, 2.75) is 6.23 Å². The molecule has 0 aliphatic carbocycles. The van der Waals surface area contributed by atoms with Crippen LogP contribution in [0.5, 0.6) is 0 Å². The summed E-state index contributed by atoms with van der Waals surface area (Å²) in [6.07, 6.45) is 1.20. The Balaban J connectivity index is 2.16. The number of aromatic amines is 2. The summed E-state index contributed by atoms with van der Waals surface area (Å²) in [6.45, 7) is 0. The van der Waals surface area contributed by atoms with Crippen LogP contribution in [0.15, 0.2) is 34.1 Å². The van der Waals surface area contributed by atoms with Crippen molar-refractivity contribution < 1.29 is 9.90 Å². The summed E-state index contributed by atoms with van der Waals surface area (Å²) in [7, 11) is 0. The van der Waals surface area contributed by atoms with Gasteiger partial charge in [-0.25, -0.2) is 4.79 Å². The number of nitrogens with zero attached hydrogens (tertiary/aromatic N) is 2.